The van der Waals surface area contributed by atoms with Gasteiger partial charge in [0, 0.05) is 18.0 Å². The highest BCUT2D eigenvalue weighted by Gasteiger charge is 2.38. The van der Waals surface area contributed by atoms with Crippen LogP contribution in [0.3, 0.4) is 0 Å². The van der Waals surface area contributed by atoms with Crippen molar-refractivity contribution < 1.29 is 13.2 Å². The Hall–Kier alpha value is -1.95. The number of benzene rings is 1. The van der Waals surface area contributed by atoms with E-state index in [-0.39, 0.29) is 24.2 Å². The second-order valence-electron chi connectivity index (χ2n) is 5.70. The molecular formula is C16H18N2O3S. The molecule has 3 rings (SSSR count). The molecule has 0 bridgehead atoms. The number of carbonyl (C=O) groups is 1. The third-order valence-corrected chi connectivity index (χ3v) is 6.71. The summed E-state index contributed by atoms with van der Waals surface area (Å²) in [5.41, 5.74) is 1.12. The van der Waals surface area contributed by atoms with Crippen LogP contribution in [0.1, 0.15) is 24.3 Å². The highest BCUT2D eigenvalue weighted by Crippen LogP contribution is 2.22. The van der Waals surface area contributed by atoms with Crippen molar-refractivity contribution in [2.45, 2.75) is 25.1 Å². The zero-order valence-corrected chi connectivity index (χ0v) is 13.4. The van der Waals surface area contributed by atoms with Gasteiger partial charge in [0.05, 0.1) is 16.5 Å². The normalized spacial score (nSPS) is 24.4. The first-order valence-electron chi connectivity index (χ1n) is 7.28. The summed E-state index contributed by atoms with van der Waals surface area (Å²) in [7, 11) is -3.11. The maximum atomic E-state index is 12.7. The fourth-order valence-electron chi connectivity index (χ4n) is 2.79. The molecule has 1 aromatic heterocycles. The number of sulfone groups is 1. The molecule has 116 valence electrons. The molecular weight excluding hydrogens is 300 g/mol. The van der Waals surface area contributed by atoms with Crippen LogP contribution in [0.2, 0.25) is 0 Å². The van der Waals surface area contributed by atoms with Crippen LogP contribution >= 0.6 is 0 Å². The van der Waals surface area contributed by atoms with Gasteiger partial charge in [0.2, 0.25) is 0 Å². The number of carbonyl (C=O) groups excluding carboxylic acids is 1. The maximum absolute atomic E-state index is 12.7. The van der Waals surface area contributed by atoms with Gasteiger partial charge in [-0.05, 0) is 26.0 Å². The fraction of sp³-hybridized carbons (Fsp3) is 0.375. The van der Waals surface area contributed by atoms with Crippen LogP contribution in [-0.2, 0) is 9.84 Å². The molecule has 5 nitrogen and oxygen atoms in total. The lowest BCUT2D eigenvalue weighted by Crippen LogP contribution is -2.54. The largest absolute Gasteiger partial charge is 0.332 e. The minimum Gasteiger partial charge on any atom is -0.332 e. The van der Waals surface area contributed by atoms with Gasteiger partial charge in [-0.2, -0.15) is 0 Å². The topological polar surface area (TPSA) is 67.3 Å². The van der Waals surface area contributed by atoms with Crippen molar-refractivity contribution in [1.29, 1.82) is 0 Å². The van der Waals surface area contributed by atoms with E-state index in [9.17, 15) is 13.2 Å². The predicted molar refractivity (Wildman–Crippen MR) is 85.5 cm³/mol. The first kappa shape index (κ1) is 15.0. The molecule has 0 aliphatic carbocycles. The van der Waals surface area contributed by atoms with Crippen molar-refractivity contribution >= 4 is 26.6 Å². The summed E-state index contributed by atoms with van der Waals surface area (Å²) in [6.45, 7) is 3.66. The lowest BCUT2D eigenvalue weighted by atomic mass is 10.1. The lowest BCUT2D eigenvalue weighted by Gasteiger charge is -2.37. The number of fused-ring (bicyclic) bond motifs is 1. The lowest BCUT2D eigenvalue weighted by molar-refractivity contribution is 0.0687. The smallest absolute Gasteiger partial charge is 0.272 e. The maximum Gasteiger partial charge on any atom is 0.272 e. The van der Waals surface area contributed by atoms with Gasteiger partial charge in [-0.3, -0.25) is 4.79 Å². The van der Waals surface area contributed by atoms with Crippen molar-refractivity contribution in [3.8, 4) is 0 Å². The van der Waals surface area contributed by atoms with Gasteiger partial charge in [-0.15, -0.1) is 0 Å². The van der Waals surface area contributed by atoms with Crippen LogP contribution in [0.4, 0.5) is 0 Å². The molecule has 0 spiro atoms. The Balaban J connectivity index is 1.92. The van der Waals surface area contributed by atoms with Gasteiger partial charge >= 0.3 is 0 Å². The van der Waals surface area contributed by atoms with Crippen molar-refractivity contribution in [1.82, 2.24) is 9.88 Å². The van der Waals surface area contributed by atoms with Gasteiger partial charge in [0.15, 0.2) is 9.84 Å². The third kappa shape index (κ3) is 2.47. The zero-order valence-electron chi connectivity index (χ0n) is 12.6. The number of aromatic nitrogens is 1. The van der Waals surface area contributed by atoms with Crippen LogP contribution in [-0.4, -0.2) is 47.8 Å². The number of pyridine rings is 1. The van der Waals surface area contributed by atoms with E-state index in [4.69, 9.17) is 0 Å². The molecule has 1 saturated heterocycles. The van der Waals surface area contributed by atoms with Gasteiger partial charge < -0.3 is 4.90 Å². The Kier molecular flexibility index (Phi) is 3.64. The molecule has 2 heterocycles. The summed E-state index contributed by atoms with van der Waals surface area (Å²) in [6.07, 6.45) is 0. The first-order chi connectivity index (χ1) is 10.4. The van der Waals surface area contributed by atoms with E-state index in [2.05, 4.69) is 4.98 Å². The molecule has 1 fully saturated rings. The Morgan fingerprint density at radius 2 is 1.91 bits per heavy atom. The average Bonchev–Trinajstić information content (AvgIpc) is 2.52. The Bertz CT molecular complexity index is 832. The summed E-state index contributed by atoms with van der Waals surface area (Å²) >= 11 is 0. The van der Waals surface area contributed by atoms with Crippen LogP contribution in [0.15, 0.2) is 36.4 Å². The van der Waals surface area contributed by atoms with Gasteiger partial charge in [-0.1, -0.05) is 24.3 Å². The molecule has 0 unspecified atom stereocenters. The van der Waals surface area contributed by atoms with Crippen molar-refractivity contribution in [3.63, 3.8) is 0 Å². The number of hydrogen-bond acceptors (Lipinski definition) is 4. The summed E-state index contributed by atoms with van der Waals surface area (Å²) < 4.78 is 23.8. The van der Waals surface area contributed by atoms with E-state index in [0.717, 1.165) is 10.9 Å². The van der Waals surface area contributed by atoms with Crippen LogP contribution < -0.4 is 0 Å². The van der Waals surface area contributed by atoms with E-state index < -0.39 is 15.1 Å². The molecule has 0 saturated carbocycles. The number of para-hydroxylation sites is 1. The van der Waals surface area contributed by atoms with Crippen molar-refractivity contribution in [3.05, 3.63) is 42.1 Å². The van der Waals surface area contributed by atoms with Crippen molar-refractivity contribution in [2.75, 3.05) is 12.3 Å². The number of nitrogens with zero attached hydrogens (tertiary/aromatic N) is 2. The van der Waals surface area contributed by atoms with Crippen LogP contribution in [0.25, 0.3) is 10.9 Å². The quantitative estimate of drug-likeness (QED) is 0.805. The van der Waals surface area contributed by atoms with E-state index in [1.54, 1.807) is 24.8 Å². The Morgan fingerprint density at radius 3 is 2.68 bits per heavy atom. The average molecular weight is 318 g/mol. The van der Waals surface area contributed by atoms with E-state index in [1.165, 1.54) is 0 Å². The number of hydrogen-bond donors (Lipinski definition) is 0. The second kappa shape index (κ2) is 5.35. The molecule has 0 N–H and O–H groups in total. The minimum absolute atomic E-state index is 0.0117. The van der Waals surface area contributed by atoms with Crippen LogP contribution in [0, 0.1) is 0 Å². The van der Waals surface area contributed by atoms with Crippen molar-refractivity contribution in [2.24, 2.45) is 0 Å². The van der Waals surface area contributed by atoms with Gasteiger partial charge in [-0.25, -0.2) is 13.4 Å². The van der Waals surface area contributed by atoms with Gasteiger partial charge in [0.1, 0.15) is 5.69 Å². The summed E-state index contributed by atoms with van der Waals surface area (Å²) in [5, 5.41) is 0.423. The molecule has 1 amide bonds. The van der Waals surface area contributed by atoms with Crippen LogP contribution in [0.5, 0.6) is 0 Å². The SMILES string of the molecule is C[C@@H]1[C@H](C)S(=O)(=O)CCN1C(=O)c1ccc2ccccc2n1. The molecule has 1 aliphatic heterocycles. The minimum atomic E-state index is -3.11. The summed E-state index contributed by atoms with van der Waals surface area (Å²) in [6, 6.07) is 10.8. The van der Waals surface area contributed by atoms with E-state index >= 15 is 0 Å². The Morgan fingerprint density at radius 1 is 1.18 bits per heavy atom. The summed E-state index contributed by atoms with van der Waals surface area (Å²) in [5.74, 6) is -0.197. The predicted octanol–water partition coefficient (Wildman–Crippen LogP) is 1.88. The molecule has 1 aromatic carbocycles. The number of amides is 1. The van der Waals surface area contributed by atoms with E-state index in [0.29, 0.717) is 5.69 Å². The summed E-state index contributed by atoms with van der Waals surface area (Å²) in [4.78, 5) is 18.7. The molecule has 1 aliphatic rings. The standard InChI is InChI=1S/C16H18N2O3S/c1-11-12(2)22(20,21)10-9-18(11)16(19)15-8-7-13-5-3-4-6-14(13)17-15/h3-8,11-12H,9-10H2,1-2H3/t11-,12+/m1/s1. The Labute approximate surface area is 129 Å². The third-order valence-electron chi connectivity index (χ3n) is 4.43. The molecule has 0 radical (unpaired) electrons. The fourth-order valence-corrected chi connectivity index (χ4v) is 4.36. The molecule has 2 atom stereocenters. The number of rotatable bonds is 1. The van der Waals surface area contributed by atoms with Gasteiger partial charge in [0.25, 0.3) is 5.91 Å². The highest BCUT2D eigenvalue weighted by molar-refractivity contribution is 7.92. The highest BCUT2D eigenvalue weighted by atomic mass is 32.2. The molecule has 6 heteroatoms. The monoisotopic (exact) mass is 318 g/mol. The molecule has 2 aromatic rings. The zero-order chi connectivity index (χ0) is 15.9. The second-order valence-corrected chi connectivity index (χ2v) is 8.18. The molecule has 22 heavy (non-hydrogen) atoms. The van der Waals surface area contributed by atoms with E-state index in [1.807, 2.05) is 30.3 Å². The first-order valence-corrected chi connectivity index (χ1v) is 9.00.